The van der Waals surface area contributed by atoms with Gasteiger partial charge in [-0.1, -0.05) is 39.8 Å². The predicted molar refractivity (Wildman–Crippen MR) is 124 cm³/mol. The number of hydrogen-bond donors (Lipinski definition) is 1. The van der Waals surface area contributed by atoms with Crippen LogP contribution in [0.3, 0.4) is 0 Å². The number of carbonyl (C=O) groups is 3. The minimum atomic E-state index is -0.509. The van der Waals surface area contributed by atoms with Gasteiger partial charge in [0.1, 0.15) is 0 Å². The van der Waals surface area contributed by atoms with Crippen molar-refractivity contribution < 1.29 is 19.1 Å². The van der Waals surface area contributed by atoms with E-state index in [4.69, 9.17) is 4.74 Å². The molecule has 0 radical (unpaired) electrons. The lowest BCUT2D eigenvalue weighted by Gasteiger charge is -2.24. The molecule has 1 N–H and O–H groups in total. The summed E-state index contributed by atoms with van der Waals surface area (Å²) in [5.74, 6) is 0.452. The smallest absolute Gasteiger partial charge is 0.251 e. The fourth-order valence-electron chi connectivity index (χ4n) is 2.95. The van der Waals surface area contributed by atoms with E-state index in [2.05, 4.69) is 19.2 Å². The molecule has 0 aliphatic heterocycles. The normalized spacial score (nSPS) is 12.8. The summed E-state index contributed by atoms with van der Waals surface area (Å²) in [6, 6.07) is 6.13. The first kappa shape index (κ1) is 26.4. The summed E-state index contributed by atoms with van der Waals surface area (Å²) in [6.07, 6.45) is 1.62. The van der Waals surface area contributed by atoms with Crippen LogP contribution in [0.2, 0.25) is 0 Å². The molecule has 1 rings (SSSR count). The van der Waals surface area contributed by atoms with E-state index in [1.807, 2.05) is 27.7 Å². The molecule has 1 aromatic rings. The zero-order chi connectivity index (χ0) is 22.9. The molecule has 0 bridgehead atoms. The standard InChI is InChI=1S/C24H37NO4S/c1-16(2)22(18(5)26)25-23(28)20-10-8-19(9-11-20)21(27)12-15-30-24(6,7)13-14-29-17(3)4/h8-11,16-17,22H,12-15H2,1-7H3,(H,25,28)/t22-/m0/s1. The van der Waals surface area contributed by atoms with Gasteiger partial charge in [0.25, 0.3) is 5.91 Å². The van der Waals surface area contributed by atoms with E-state index in [0.29, 0.717) is 17.5 Å². The molecule has 0 heterocycles. The van der Waals surface area contributed by atoms with Crippen LogP contribution >= 0.6 is 11.8 Å². The maximum Gasteiger partial charge on any atom is 0.251 e. The molecule has 1 atom stereocenters. The van der Waals surface area contributed by atoms with Crippen LogP contribution in [0.25, 0.3) is 0 Å². The van der Waals surface area contributed by atoms with Crippen molar-refractivity contribution in [3.8, 4) is 0 Å². The van der Waals surface area contributed by atoms with Crippen LogP contribution in [0, 0.1) is 5.92 Å². The Kier molecular flexibility index (Phi) is 10.8. The highest BCUT2D eigenvalue weighted by Gasteiger charge is 2.22. The number of rotatable bonds is 13. The first-order valence-corrected chi connectivity index (χ1v) is 11.6. The van der Waals surface area contributed by atoms with E-state index in [9.17, 15) is 14.4 Å². The van der Waals surface area contributed by atoms with E-state index in [1.165, 1.54) is 6.92 Å². The van der Waals surface area contributed by atoms with Crippen molar-refractivity contribution in [1.82, 2.24) is 5.32 Å². The summed E-state index contributed by atoms with van der Waals surface area (Å²) in [7, 11) is 0. The van der Waals surface area contributed by atoms with Gasteiger partial charge in [0.2, 0.25) is 0 Å². The summed E-state index contributed by atoms with van der Waals surface area (Å²) in [5.41, 5.74) is 1.04. The summed E-state index contributed by atoms with van der Waals surface area (Å²) >= 11 is 1.78. The molecule has 0 fully saturated rings. The molecule has 0 aliphatic rings. The Hall–Kier alpha value is -1.66. The number of thioether (sulfide) groups is 1. The third kappa shape index (κ3) is 9.43. The van der Waals surface area contributed by atoms with Crippen LogP contribution in [0.15, 0.2) is 24.3 Å². The Labute approximate surface area is 185 Å². The van der Waals surface area contributed by atoms with Crippen molar-refractivity contribution in [1.29, 1.82) is 0 Å². The molecule has 1 amide bonds. The molecule has 0 spiro atoms. The number of benzene rings is 1. The molecule has 0 unspecified atom stereocenters. The third-order valence-corrected chi connectivity index (χ3v) is 6.23. The number of ether oxygens (including phenoxy) is 1. The number of ketones is 2. The second kappa shape index (κ2) is 12.3. The van der Waals surface area contributed by atoms with Gasteiger partial charge < -0.3 is 10.1 Å². The van der Waals surface area contributed by atoms with Crippen LogP contribution in [-0.2, 0) is 9.53 Å². The van der Waals surface area contributed by atoms with Gasteiger partial charge in [0.05, 0.1) is 12.1 Å². The molecule has 0 saturated heterocycles. The quantitative estimate of drug-likeness (QED) is 0.445. The summed E-state index contributed by atoms with van der Waals surface area (Å²) in [4.78, 5) is 36.6. The third-order valence-electron chi connectivity index (χ3n) is 4.84. The van der Waals surface area contributed by atoms with E-state index in [1.54, 1.807) is 36.0 Å². The van der Waals surface area contributed by atoms with E-state index in [0.717, 1.165) is 18.8 Å². The van der Waals surface area contributed by atoms with Gasteiger partial charge in [-0.25, -0.2) is 0 Å². The van der Waals surface area contributed by atoms with Gasteiger partial charge in [-0.2, -0.15) is 11.8 Å². The Bertz CT molecular complexity index is 710. The number of nitrogens with one attached hydrogen (secondary N) is 1. The fraction of sp³-hybridized carbons (Fsp3) is 0.625. The van der Waals surface area contributed by atoms with Crippen molar-refractivity contribution in [3.63, 3.8) is 0 Å². The first-order chi connectivity index (χ1) is 13.9. The van der Waals surface area contributed by atoms with Crippen LogP contribution in [-0.4, -0.2) is 46.7 Å². The van der Waals surface area contributed by atoms with Gasteiger partial charge in [-0.05, 0) is 45.2 Å². The average molecular weight is 436 g/mol. The van der Waals surface area contributed by atoms with Gasteiger partial charge in [0.15, 0.2) is 11.6 Å². The number of amides is 1. The number of hydrogen-bond acceptors (Lipinski definition) is 5. The van der Waals surface area contributed by atoms with Crippen molar-refractivity contribution >= 4 is 29.2 Å². The number of Topliss-reactive ketones (excluding diaryl/α,β-unsaturated/α-hetero) is 2. The lowest BCUT2D eigenvalue weighted by molar-refractivity contribution is -0.119. The fourth-order valence-corrected chi connectivity index (χ4v) is 4.01. The zero-order valence-electron chi connectivity index (χ0n) is 19.4. The van der Waals surface area contributed by atoms with Crippen molar-refractivity contribution in [2.24, 2.45) is 5.92 Å². The molecule has 6 heteroatoms. The van der Waals surface area contributed by atoms with E-state index in [-0.39, 0.29) is 34.2 Å². The van der Waals surface area contributed by atoms with Gasteiger partial charge in [0, 0.05) is 34.7 Å². The summed E-state index contributed by atoms with van der Waals surface area (Å²) in [6.45, 7) is 14.4. The van der Waals surface area contributed by atoms with Crippen molar-refractivity contribution in [3.05, 3.63) is 35.4 Å². The molecule has 5 nitrogen and oxygen atoms in total. The maximum atomic E-state index is 12.5. The minimum Gasteiger partial charge on any atom is -0.379 e. The predicted octanol–water partition coefficient (Wildman–Crippen LogP) is 4.93. The SMILES string of the molecule is CC(=O)[C@@H](NC(=O)c1ccc(C(=O)CCSC(C)(C)CCOC(C)C)cc1)C(C)C. The zero-order valence-corrected chi connectivity index (χ0v) is 20.2. The molecule has 0 saturated carbocycles. The second-order valence-electron chi connectivity index (χ2n) is 8.83. The molecule has 0 aliphatic carbocycles. The molecule has 1 aromatic carbocycles. The lowest BCUT2D eigenvalue weighted by Crippen LogP contribution is -2.43. The average Bonchev–Trinajstić information content (AvgIpc) is 2.64. The van der Waals surface area contributed by atoms with Crippen molar-refractivity contribution in [2.45, 2.75) is 78.2 Å². The topological polar surface area (TPSA) is 72.5 Å². The van der Waals surface area contributed by atoms with Crippen LogP contribution < -0.4 is 5.32 Å². The number of carbonyl (C=O) groups excluding carboxylic acids is 3. The van der Waals surface area contributed by atoms with E-state index < -0.39 is 6.04 Å². The van der Waals surface area contributed by atoms with E-state index >= 15 is 0 Å². The summed E-state index contributed by atoms with van der Waals surface area (Å²) in [5, 5.41) is 2.77. The van der Waals surface area contributed by atoms with Gasteiger partial charge >= 0.3 is 0 Å². The largest absolute Gasteiger partial charge is 0.379 e. The Morgan fingerprint density at radius 3 is 2.10 bits per heavy atom. The highest BCUT2D eigenvalue weighted by atomic mass is 32.2. The molecule has 0 aromatic heterocycles. The molecule has 30 heavy (non-hydrogen) atoms. The van der Waals surface area contributed by atoms with Crippen molar-refractivity contribution in [2.75, 3.05) is 12.4 Å². The lowest BCUT2D eigenvalue weighted by atomic mass is 10.00. The molecular formula is C24H37NO4S. The van der Waals surface area contributed by atoms with Crippen LogP contribution in [0.4, 0.5) is 0 Å². The Morgan fingerprint density at radius 2 is 1.60 bits per heavy atom. The second-order valence-corrected chi connectivity index (χ2v) is 10.6. The molecule has 168 valence electrons. The maximum absolute atomic E-state index is 12.5. The van der Waals surface area contributed by atoms with Gasteiger partial charge in [-0.3, -0.25) is 14.4 Å². The van der Waals surface area contributed by atoms with Gasteiger partial charge in [-0.15, -0.1) is 0 Å². The van der Waals surface area contributed by atoms with Crippen LogP contribution in [0.5, 0.6) is 0 Å². The highest BCUT2D eigenvalue weighted by molar-refractivity contribution is 8.00. The molecular weight excluding hydrogens is 398 g/mol. The minimum absolute atomic E-state index is 0.0194. The summed E-state index contributed by atoms with van der Waals surface area (Å²) < 4.78 is 5.68. The highest BCUT2D eigenvalue weighted by Crippen LogP contribution is 2.29. The first-order valence-electron chi connectivity index (χ1n) is 10.6. The Morgan fingerprint density at radius 1 is 1.03 bits per heavy atom. The van der Waals surface area contributed by atoms with Crippen LogP contribution in [0.1, 0.15) is 82.0 Å². The Balaban J connectivity index is 2.55. The monoisotopic (exact) mass is 435 g/mol.